The lowest BCUT2D eigenvalue weighted by molar-refractivity contribution is 0.0948. The lowest BCUT2D eigenvalue weighted by Gasteiger charge is -2.15. The number of aromatic nitrogens is 4. The normalized spacial score (nSPS) is 16.6. The van der Waals surface area contributed by atoms with Gasteiger partial charge in [-0.05, 0) is 36.4 Å². The van der Waals surface area contributed by atoms with Crippen molar-refractivity contribution in [1.82, 2.24) is 19.3 Å². The molecule has 1 aliphatic rings. The van der Waals surface area contributed by atoms with Gasteiger partial charge in [-0.15, -0.1) is 11.3 Å². The molecule has 0 saturated carbocycles. The van der Waals surface area contributed by atoms with E-state index in [9.17, 15) is 9.59 Å². The molecule has 5 rings (SSSR count). The Morgan fingerprint density at radius 3 is 2.83 bits per heavy atom. The van der Waals surface area contributed by atoms with Gasteiger partial charge >= 0.3 is 5.69 Å². The molecule has 0 aliphatic carbocycles. The fourth-order valence-electron chi connectivity index (χ4n) is 3.64. The Labute approximate surface area is 169 Å². The SMILES string of the molecule is O=c1c2ccccc2n(Cc2nc(-c3cccs3)no2)c(=O)n1C[C@H]1CCCO1. The van der Waals surface area contributed by atoms with Crippen LogP contribution in [0.4, 0.5) is 0 Å². The Balaban J connectivity index is 1.59. The molecule has 29 heavy (non-hydrogen) atoms. The molecule has 0 amide bonds. The standard InChI is InChI=1S/C20H18N4O4S/c25-19-14-6-1-2-7-15(14)23(20(26)24(19)11-13-5-3-9-27-13)12-17-21-18(22-28-17)16-8-4-10-29-16/h1-2,4,6-8,10,13H,3,5,9,11-12H2/t13-/m1/s1. The van der Waals surface area contributed by atoms with E-state index < -0.39 is 5.69 Å². The Hall–Kier alpha value is -3.04. The van der Waals surface area contributed by atoms with Crippen molar-refractivity contribution in [3.8, 4) is 10.7 Å². The molecule has 0 unspecified atom stereocenters. The van der Waals surface area contributed by atoms with Crippen LogP contribution in [0.25, 0.3) is 21.6 Å². The summed E-state index contributed by atoms with van der Waals surface area (Å²) in [6.07, 6.45) is 1.66. The van der Waals surface area contributed by atoms with E-state index in [1.807, 2.05) is 17.5 Å². The molecule has 148 valence electrons. The third-order valence-corrected chi connectivity index (χ3v) is 5.91. The molecule has 4 heterocycles. The summed E-state index contributed by atoms with van der Waals surface area (Å²) in [4.78, 5) is 31.5. The second kappa shape index (κ2) is 7.41. The summed E-state index contributed by atoms with van der Waals surface area (Å²) in [6.45, 7) is 0.991. The number of benzene rings is 1. The zero-order chi connectivity index (χ0) is 19.8. The number of fused-ring (bicyclic) bond motifs is 1. The molecule has 1 atom stereocenters. The molecule has 1 aliphatic heterocycles. The van der Waals surface area contributed by atoms with Crippen LogP contribution in [0.1, 0.15) is 18.7 Å². The van der Waals surface area contributed by atoms with Gasteiger partial charge in [-0.1, -0.05) is 23.4 Å². The average molecular weight is 410 g/mol. The minimum absolute atomic E-state index is 0.0868. The molecule has 0 bridgehead atoms. The van der Waals surface area contributed by atoms with Crippen LogP contribution in [0.2, 0.25) is 0 Å². The quantitative estimate of drug-likeness (QED) is 0.502. The molecule has 1 fully saturated rings. The van der Waals surface area contributed by atoms with Crippen LogP contribution < -0.4 is 11.2 Å². The molecule has 0 radical (unpaired) electrons. The third kappa shape index (κ3) is 3.32. The molecule has 0 spiro atoms. The van der Waals surface area contributed by atoms with E-state index in [1.165, 1.54) is 20.5 Å². The van der Waals surface area contributed by atoms with E-state index >= 15 is 0 Å². The topological polar surface area (TPSA) is 92.2 Å². The van der Waals surface area contributed by atoms with Crippen LogP contribution in [0.5, 0.6) is 0 Å². The summed E-state index contributed by atoms with van der Waals surface area (Å²) < 4.78 is 13.8. The second-order valence-corrected chi connectivity index (χ2v) is 7.87. The zero-order valence-corrected chi connectivity index (χ0v) is 16.3. The molecule has 9 heteroatoms. The summed E-state index contributed by atoms with van der Waals surface area (Å²) in [5, 5.41) is 6.42. The predicted octanol–water partition coefficient (Wildman–Crippen LogP) is 2.50. The van der Waals surface area contributed by atoms with Gasteiger partial charge < -0.3 is 9.26 Å². The highest BCUT2D eigenvalue weighted by atomic mass is 32.1. The van der Waals surface area contributed by atoms with Crippen LogP contribution >= 0.6 is 11.3 Å². The Kier molecular flexibility index (Phi) is 4.61. The second-order valence-electron chi connectivity index (χ2n) is 6.93. The highest BCUT2D eigenvalue weighted by molar-refractivity contribution is 7.13. The van der Waals surface area contributed by atoms with Gasteiger partial charge in [0.2, 0.25) is 11.7 Å². The van der Waals surface area contributed by atoms with Crippen molar-refractivity contribution in [2.45, 2.75) is 32.0 Å². The maximum absolute atomic E-state index is 13.2. The van der Waals surface area contributed by atoms with Crippen molar-refractivity contribution in [3.63, 3.8) is 0 Å². The van der Waals surface area contributed by atoms with Crippen molar-refractivity contribution in [2.75, 3.05) is 6.61 Å². The molecule has 1 saturated heterocycles. The minimum atomic E-state index is -0.403. The first-order valence-electron chi connectivity index (χ1n) is 9.41. The van der Waals surface area contributed by atoms with Crippen molar-refractivity contribution in [2.24, 2.45) is 0 Å². The van der Waals surface area contributed by atoms with E-state index in [0.717, 1.165) is 17.7 Å². The van der Waals surface area contributed by atoms with E-state index in [-0.39, 0.29) is 24.8 Å². The third-order valence-electron chi connectivity index (χ3n) is 5.05. The molecule has 8 nitrogen and oxygen atoms in total. The Morgan fingerprint density at radius 1 is 1.14 bits per heavy atom. The Morgan fingerprint density at radius 2 is 2.03 bits per heavy atom. The van der Waals surface area contributed by atoms with Crippen LogP contribution in [0, 0.1) is 0 Å². The monoisotopic (exact) mass is 410 g/mol. The maximum atomic E-state index is 13.2. The van der Waals surface area contributed by atoms with E-state index in [4.69, 9.17) is 9.26 Å². The van der Waals surface area contributed by atoms with Gasteiger partial charge in [-0.2, -0.15) is 4.98 Å². The van der Waals surface area contributed by atoms with Crippen molar-refractivity contribution >= 4 is 22.2 Å². The van der Waals surface area contributed by atoms with E-state index in [0.29, 0.717) is 29.2 Å². The number of rotatable bonds is 5. The van der Waals surface area contributed by atoms with Gasteiger partial charge in [0.25, 0.3) is 5.56 Å². The lowest BCUT2D eigenvalue weighted by Crippen LogP contribution is -2.42. The van der Waals surface area contributed by atoms with Crippen molar-refractivity contribution < 1.29 is 9.26 Å². The zero-order valence-electron chi connectivity index (χ0n) is 15.5. The number of hydrogen-bond donors (Lipinski definition) is 0. The molecular weight excluding hydrogens is 392 g/mol. The molecule has 1 aromatic carbocycles. The average Bonchev–Trinajstić information content (AvgIpc) is 3.51. The van der Waals surface area contributed by atoms with Crippen LogP contribution in [-0.2, 0) is 17.8 Å². The van der Waals surface area contributed by atoms with Gasteiger partial charge in [-0.3, -0.25) is 13.9 Å². The number of para-hydroxylation sites is 1. The summed E-state index contributed by atoms with van der Waals surface area (Å²) in [7, 11) is 0. The van der Waals surface area contributed by atoms with Crippen molar-refractivity contribution in [3.05, 3.63) is 68.5 Å². The predicted molar refractivity (Wildman–Crippen MR) is 108 cm³/mol. The van der Waals surface area contributed by atoms with Crippen LogP contribution in [-0.4, -0.2) is 32.0 Å². The fourth-order valence-corrected chi connectivity index (χ4v) is 4.29. The van der Waals surface area contributed by atoms with Gasteiger partial charge in [-0.25, -0.2) is 4.79 Å². The minimum Gasteiger partial charge on any atom is -0.376 e. The fraction of sp³-hybridized carbons (Fsp3) is 0.300. The summed E-state index contributed by atoms with van der Waals surface area (Å²) in [5.41, 5.74) is -0.163. The largest absolute Gasteiger partial charge is 0.376 e. The molecule has 4 aromatic rings. The van der Waals surface area contributed by atoms with Gasteiger partial charge in [0.05, 0.1) is 28.4 Å². The summed E-state index contributed by atoms with van der Waals surface area (Å²) in [6, 6.07) is 10.9. The Bertz CT molecular complexity index is 1270. The van der Waals surface area contributed by atoms with Gasteiger partial charge in [0.15, 0.2) is 0 Å². The summed E-state index contributed by atoms with van der Waals surface area (Å²) in [5.74, 6) is 0.794. The van der Waals surface area contributed by atoms with Crippen LogP contribution in [0.15, 0.2) is 55.9 Å². The van der Waals surface area contributed by atoms with E-state index in [1.54, 1.807) is 24.3 Å². The summed E-state index contributed by atoms with van der Waals surface area (Å²) >= 11 is 1.51. The van der Waals surface area contributed by atoms with Gasteiger partial charge in [0, 0.05) is 6.61 Å². The number of nitrogens with zero attached hydrogens (tertiary/aromatic N) is 4. The first kappa shape index (κ1) is 18.0. The maximum Gasteiger partial charge on any atom is 0.332 e. The van der Waals surface area contributed by atoms with E-state index in [2.05, 4.69) is 10.1 Å². The molecular formula is C20H18N4O4S. The lowest BCUT2D eigenvalue weighted by atomic mass is 10.2. The molecule has 3 aromatic heterocycles. The van der Waals surface area contributed by atoms with Gasteiger partial charge in [0.1, 0.15) is 6.54 Å². The first-order chi connectivity index (χ1) is 14.2. The molecule has 0 N–H and O–H groups in total. The number of thiophene rings is 1. The number of hydrogen-bond acceptors (Lipinski definition) is 7. The highest BCUT2D eigenvalue weighted by Crippen LogP contribution is 2.21. The number of ether oxygens (including phenoxy) is 1. The highest BCUT2D eigenvalue weighted by Gasteiger charge is 2.21. The van der Waals surface area contributed by atoms with Crippen molar-refractivity contribution in [1.29, 1.82) is 0 Å². The smallest absolute Gasteiger partial charge is 0.332 e. The van der Waals surface area contributed by atoms with Crippen LogP contribution in [0.3, 0.4) is 0 Å². The first-order valence-corrected chi connectivity index (χ1v) is 10.3.